The van der Waals surface area contributed by atoms with Crippen LogP contribution in [-0.4, -0.2) is 71.6 Å². The Morgan fingerprint density at radius 3 is 2.86 bits per heavy atom. The van der Waals surface area contributed by atoms with Crippen LogP contribution in [0.4, 0.5) is 10.8 Å². The Hall–Kier alpha value is -3.63. The van der Waals surface area contributed by atoms with E-state index >= 15 is 0 Å². The molecule has 0 spiro atoms. The van der Waals surface area contributed by atoms with E-state index in [1.165, 1.54) is 34.6 Å². The number of oxime groups is 1. The number of nitrogens with zero attached hydrogens (tertiary/aromatic N) is 5. The number of carbonyl (C=O) groups excluding carboxylic acids is 2. The fourth-order valence-electron chi connectivity index (χ4n) is 3.27. The lowest BCUT2D eigenvalue weighted by atomic mass is 10.0. The molecule has 2 aliphatic heterocycles. The number of nitrogens with two attached hydrogens (primary N) is 2. The monoisotopic (exact) mass is 548 g/mol. The van der Waals surface area contributed by atoms with Crippen LogP contribution >= 0.6 is 35.1 Å². The van der Waals surface area contributed by atoms with E-state index in [9.17, 15) is 19.5 Å². The number of carboxylic acid groups (broad SMARTS) is 1. The molecule has 0 aromatic carbocycles. The Morgan fingerprint density at radius 1 is 1.42 bits per heavy atom. The van der Waals surface area contributed by atoms with Gasteiger partial charge in [0, 0.05) is 17.3 Å². The van der Waals surface area contributed by atoms with Gasteiger partial charge in [-0.3, -0.25) is 14.5 Å². The molecular formula is C20H20N8O5S3. The minimum Gasteiger partial charge on any atom is -0.477 e. The number of fused-ring (bicyclic) bond motifs is 1. The first-order chi connectivity index (χ1) is 17.3. The minimum atomic E-state index is -1.24. The zero-order valence-corrected chi connectivity index (χ0v) is 21.1. The average Bonchev–Trinajstić information content (AvgIpc) is 3.29. The van der Waals surface area contributed by atoms with Crippen LogP contribution in [0.5, 0.6) is 0 Å². The molecule has 16 heteroatoms. The van der Waals surface area contributed by atoms with Gasteiger partial charge < -0.3 is 26.7 Å². The van der Waals surface area contributed by atoms with Crippen LogP contribution in [0.15, 0.2) is 51.3 Å². The summed E-state index contributed by atoms with van der Waals surface area (Å²) in [6.07, 6.45) is 3.16. The summed E-state index contributed by atoms with van der Waals surface area (Å²) >= 11 is 3.50. The number of nitrogen functional groups attached to an aromatic ring is 2. The van der Waals surface area contributed by atoms with Crippen molar-refractivity contribution in [2.24, 2.45) is 5.16 Å². The van der Waals surface area contributed by atoms with Crippen LogP contribution < -0.4 is 16.8 Å². The summed E-state index contributed by atoms with van der Waals surface area (Å²) in [5.41, 5.74) is 11.9. The molecule has 2 aliphatic rings. The van der Waals surface area contributed by atoms with Crippen LogP contribution in [-0.2, 0) is 19.2 Å². The van der Waals surface area contributed by atoms with E-state index < -0.39 is 29.2 Å². The molecule has 0 aliphatic carbocycles. The standard InChI is InChI=1S/C20H20N8O5S3/c1-2-33-26-12(15-25-20(22)36-27-15)16(29)24-13-17(30)28-14(19(31)32)9(8-35-18(13)28)5-6-34-11-4-3-10(21)7-23-11/h3-7,13,18H,2,8,21H2,1H3,(H,24,29)(H,31,32)(H2,22,25,27)/b6-5+,26-12-/t13?,18-/m1/s1. The van der Waals surface area contributed by atoms with Gasteiger partial charge in [0.05, 0.1) is 11.9 Å². The molecule has 1 saturated heterocycles. The van der Waals surface area contributed by atoms with E-state index in [4.69, 9.17) is 16.3 Å². The number of anilines is 2. The minimum absolute atomic E-state index is 0.0324. The Bertz CT molecular complexity index is 1280. The summed E-state index contributed by atoms with van der Waals surface area (Å²) in [4.78, 5) is 52.1. The number of nitrogens with one attached hydrogen (secondary N) is 1. The van der Waals surface area contributed by atoms with Gasteiger partial charge in [0.2, 0.25) is 11.5 Å². The molecule has 0 radical (unpaired) electrons. The predicted molar refractivity (Wildman–Crippen MR) is 136 cm³/mol. The molecule has 0 saturated carbocycles. The van der Waals surface area contributed by atoms with Crippen molar-refractivity contribution in [2.75, 3.05) is 23.8 Å². The molecule has 2 aromatic heterocycles. The van der Waals surface area contributed by atoms with Gasteiger partial charge in [-0.05, 0) is 36.1 Å². The third-order valence-electron chi connectivity index (χ3n) is 4.86. The molecule has 1 unspecified atom stereocenters. The molecule has 1 fully saturated rings. The van der Waals surface area contributed by atoms with E-state index in [2.05, 4.69) is 24.8 Å². The van der Waals surface area contributed by atoms with Crippen molar-refractivity contribution in [1.82, 2.24) is 24.6 Å². The van der Waals surface area contributed by atoms with Crippen LogP contribution in [0.1, 0.15) is 12.7 Å². The maximum Gasteiger partial charge on any atom is 0.352 e. The van der Waals surface area contributed by atoms with Crippen molar-refractivity contribution in [3.05, 3.63) is 46.9 Å². The van der Waals surface area contributed by atoms with Crippen molar-refractivity contribution < 1.29 is 24.3 Å². The number of rotatable bonds is 9. The third-order valence-corrected chi connectivity index (χ3v) is 7.46. The summed E-state index contributed by atoms with van der Waals surface area (Å²) in [5, 5.41) is 18.1. The second-order valence-electron chi connectivity index (χ2n) is 7.20. The molecule has 2 aromatic rings. The summed E-state index contributed by atoms with van der Waals surface area (Å²) in [7, 11) is 0. The Balaban J connectivity index is 1.48. The quantitative estimate of drug-likeness (QED) is 0.149. The zero-order valence-electron chi connectivity index (χ0n) is 18.7. The first-order valence-corrected chi connectivity index (χ1v) is 13.1. The van der Waals surface area contributed by atoms with Crippen LogP contribution in [0.3, 0.4) is 0 Å². The first kappa shape index (κ1) is 25.5. The highest BCUT2D eigenvalue weighted by molar-refractivity contribution is 8.02. The number of aromatic nitrogens is 3. The lowest BCUT2D eigenvalue weighted by Gasteiger charge is -2.49. The van der Waals surface area contributed by atoms with Crippen molar-refractivity contribution in [3.8, 4) is 0 Å². The number of hydrogen-bond acceptors (Lipinski definition) is 13. The van der Waals surface area contributed by atoms with Gasteiger partial charge in [0.1, 0.15) is 28.7 Å². The molecule has 2 atom stereocenters. The summed E-state index contributed by atoms with van der Waals surface area (Å²) < 4.78 is 3.97. The van der Waals surface area contributed by atoms with Gasteiger partial charge in [-0.25, -0.2) is 9.78 Å². The van der Waals surface area contributed by atoms with Crippen molar-refractivity contribution in [2.45, 2.75) is 23.4 Å². The predicted octanol–water partition coefficient (Wildman–Crippen LogP) is 0.883. The number of hydrogen-bond donors (Lipinski definition) is 4. The molecule has 4 rings (SSSR count). The van der Waals surface area contributed by atoms with Gasteiger partial charge in [-0.2, -0.15) is 9.36 Å². The topological polar surface area (TPSA) is 199 Å². The van der Waals surface area contributed by atoms with Crippen molar-refractivity contribution >= 4 is 69.4 Å². The summed E-state index contributed by atoms with van der Waals surface area (Å²) in [6.45, 7) is 1.88. The molecule has 0 bridgehead atoms. The normalized spacial score (nSPS) is 19.8. The SMILES string of the molecule is CCO/N=C(\C(=O)NC1C(=O)N2C(C(=O)O)=C(/C=C/Sc3ccc(N)cn3)CS[C@H]12)c1nsc(N)n1. The Labute approximate surface area is 217 Å². The van der Waals surface area contributed by atoms with E-state index in [1.54, 1.807) is 30.5 Å². The first-order valence-electron chi connectivity index (χ1n) is 10.4. The highest BCUT2D eigenvalue weighted by Crippen LogP contribution is 2.41. The molecule has 36 heavy (non-hydrogen) atoms. The van der Waals surface area contributed by atoms with Crippen LogP contribution in [0.2, 0.25) is 0 Å². The highest BCUT2D eigenvalue weighted by atomic mass is 32.2. The molecule has 4 heterocycles. The Morgan fingerprint density at radius 2 is 2.22 bits per heavy atom. The molecule has 188 valence electrons. The van der Waals surface area contributed by atoms with Crippen LogP contribution in [0.25, 0.3) is 0 Å². The highest BCUT2D eigenvalue weighted by Gasteiger charge is 2.54. The summed E-state index contributed by atoms with van der Waals surface area (Å²) in [6, 6.07) is 2.50. The van der Waals surface area contributed by atoms with Gasteiger partial charge >= 0.3 is 5.97 Å². The number of amides is 2. The number of thioether (sulfide) groups is 2. The van der Waals surface area contributed by atoms with Gasteiger partial charge in [-0.15, -0.1) is 11.8 Å². The fraction of sp³-hybridized carbons (Fsp3) is 0.250. The zero-order chi connectivity index (χ0) is 25.8. The number of aliphatic carboxylic acids is 1. The molecule has 6 N–H and O–H groups in total. The van der Waals surface area contributed by atoms with Gasteiger partial charge in [0.15, 0.2) is 5.13 Å². The number of carbonyl (C=O) groups is 3. The van der Waals surface area contributed by atoms with E-state index in [0.717, 1.165) is 11.5 Å². The maximum atomic E-state index is 12.9. The molecular weight excluding hydrogens is 528 g/mol. The maximum absolute atomic E-state index is 12.9. The molecule has 13 nitrogen and oxygen atoms in total. The number of β-lactam (4-membered cyclic amide) rings is 1. The van der Waals surface area contributed by atoms with Gasteiger partial charge in [-0.1, -0.05) is 16.9 Å². The molecule has 2 amide bonds. The lowest BCUT2D eigenvalue weighted by Crippen LogP contribution is -2.71. The number of carboxylic acids is 1. The smallest absolute Gasteiger partial charge is 0.352 e. The van der Waals surface area contributed by atoms with E-state index in [-0.39, 0.29) is 29.0 Å². The van der Waals surface area contributed by atoms with E-state index in [0.29, 0.717) is 22.0 Å². The van der Waals surface area contributed by atoms with Crippen molar-refractivity contribution in [3.63, 3.8) is 0 Å². The summed E-state index contributed by atoms with van der Waals surface area (Å²) in [5.74, 6) is -2.25. The van der Waals surface area contributed by atoms with Crippen LogP contribution in [0, 0.1) is 0 Å². The van der Waals surface area contributed by atoms with E-state index in [1.807, 2.05) is 0 Å². The third kappa shape index (κ3) is 5.29. The lowest BCUT2D eigenvalue weighted by molar-refractivity contribution is -0.150. The Kier molecular flexibility index (Phi) is 7.76. The second kappa shape index (κ2) is 11.0. The van der Waals surface area contributed by atoms with Gasteiger partial charge in [0.25, 0.3) is 11.8 Å². The largest absolute Gasteiger partial charge is 0.477 e. The number of pyridine rings is 1. The fourth-order valence-corrected chi connectivity index (χ4v) is 5.66. The van der Waals surface area contributed by atoms with Crippen molar-refractivity contribution in [1.29, 1.82) is 0 Å². The number of allylic oxidation sites excluding steroid dienone is 1. The second-order valence-corrected chi connectivity index (χ2v) is 10.0. The average molecular weight is 549 g/mol.